The molecule has 0 aliphatic carbocycles. The van der Waals surface area contributed by atoms with E-state index in [1.165, 1.54) is 16.7 Å². The van der Waals surface area contributed by atoms with Gasteiger partial charge in [-0.1, -0.05) is 0 Å². The smallest absolute Gasteiger partial charge is 0.237 e. The summed E-state index contributed by atoms with van der Waals surface area (Å²) in [6.45, 7) is 0.163. The minimum atomic E-state index is 0.00838. The van der Waals surface area contributed by atoms with Gasteiger partial charge in [0.2, 0.25) is 5.91 Å². The zero-order valence-corrected chi connectivity index (χ0v) is 6.10. The van der Waals surface area contributed by atoms with Crippen LogP contribution in [0.2, 0.25) is 0 Å². The Morgan fingerprint density at radius 3 is 3.30 bits per heavy atom. The van der Waals surface area contributed by atoms with Crippen molar-refractivity contribution in [3.63, 3.8) is 0 Å². The maximum Gasteiger partial charge on any atom is 0.237 e. The first-order valence-electron chi connectivity index (χ1n) is 2.79. The van der Waals surface area contributed by atoms with Crippen molar-refractivity contribution in [1.29, 1.82) is 5.26 Å². The van der Waals surface area contributed by atoms with Gasteiger partial charge in [0, 0.05) is 6.20 Å². The SMILES string of the molecule is N#CCN1C=CSCC1=O. The molecule has 1 rings (SSSR count). The molecule has 0 aromatic rings. The van der Waals surface area contributed by atoms with Crippen molar-refractivity contribution in [3.05, 3.63) is 11.6 Å². The van der Waals surface area contributed by atoms with Crippen LogP contribution in [0.4, 0.5) is 0 Å². The Bertz CT molecular complexity index is 206. The molecular formula is C6H6N2OS. The predicted octanol–water partition coefficient (Wildman–Crippen LogP) is 0.557. The minimum absolute atomic E-state index is 0.00838. The summed E-state index contributed by atoms with van der Waals surface area (Å²) in [6.07, 6.45) is 1.64. The molecule has 0 N–H and O–H groups in total. The summed E-state index contributed by atoms with van der Waals surface area (Å²) in [6, 6.07) is 1.91. The van der Waals surface area contributed by atoms with Crippen molar-refractivity contribution in [1.82, 2.24) is 4.90 Å². The van der Waals surface area contributed by atoms with Crippen molar-refractivity contribution in [2.45, 2.75) is 0 Å². The summed E-state index contributed by atoms with van der Waals surface area (Å²) in [7, 11) is 0. The molecule has 0 aromatic carbocycles. The Kier molecular flexibility index (Phi) is 2.35. The van der Waals surface area contributed by atoms with E-state index in [0.717, 1.165) is 0 Å². The Balaban J connectivity index is 2.57. The van der Waals surface area contributed by atoms with Crippen molar-refractivity contribution < 1.29 is 4.79 Å². The van der Waals surface area contributed by atoms with Crippen LogP contribution in [0.3, 0.4) is 0 Å². The average Bonchev–Trinajstić information content (AvgIpc) is 1.94. The number of thioether (sulfide) groups is 1. The topological polar surface area (TPSA) is 44.1 Å². The average molecular weight is 154 g/mol. The maximum atomic E-state index is 10.9. The Morgan fingerprint density at radius 1 is 1.90 bits per heavy atom. The first-order chi connectivity index (χ1) is 4.84. The Hall–Kier alpha value is -0.950. The summed E-state index contributed by atoms with van der Waals surface area (Å²) in [5.41, 5.74) is 0. The van der Waals surface area contributed by atoms with Crippen LogP contribution < -0.4 is 0 Å². The summed E-state index contributed by atoms with van der Waals surface area (Å²) in [4.78, 5) is 12.3. The molecule has 0 radical (unpaired) electrons. The molecule has 52 valence electrons. The largest absolute Gasteiger partial charge is 0.304 e. The highest BCUT2D eigenvalue weighted by Gasteiger charge is 2.12. The van der Waals surface area contributed by atoms with Crippen LogP contribution in [0.15, 0.2) is 11.6 Å². The van der Waals surface area contributed by atoms with Gasteiger partial charge in [-0.15, -0.1) is 11.8 Å². The number of rotatable bonds is 1. The number of carbonyl (C=O) groups is 1. The van der Waals surface area contributed by atoms with Gasteiger partial charge in [0.15, 0.2) is 0 Å². The van der Waals surface area contributed by atoms with Gasteiger partial charge in [-0.3, -0.25) is 4.79 Å². The fourth-order valence-electron chi connectivity index (χ4n) is 0.619. The third kappa shape index (κ3) is 1.52. The lowest BCUT2D eigenvalue weighted by Gasteiger charge is -2.16. The number of amides is 1. The van der Waals surface area contributed by atoms with Crippen molar-refractivity contribution in [2.75, 3.05) is 12.3 Å². The monoisotopic (exact) mass is 154 g/mol. The van der Waals surface area contributed by atoms with Crippen LogP contribution in [0.1, 0.15) is 0 Å². The Morgan fingerprint density at radius 2 is 2.70 bits per heavy atom. The number of hydrogen-bond donors (Lipinski definition) is 0. The lowest BCUT2D eigenvalue weighted by atomic mass is 10.5. The van der Waals surface area contributed by atoms with E-state index >= 15 is 0 Å². The van der Waals surface area contributed by atoms with Crippen LogP contribution in [-0.4, -0.2) is 23.1 Å². The van der Waals surface area contributed by atoms with Crippen LogP contribution in [0, 0.1) is 11.3 Å². The van der Waals surface area contributed by atoms with Crippen molar-refractivity contribution >= 4 is 17.7 Å². The van der Waals surface area contributed by atoms with Crippen molar-refractivity contribution in [2.24, 2.45) is 0 Å². The number of nitriles is 1. The summed E-state index contributed by atoms with van der Waals surface area (Å²) in [5.74, 6) is 0.465. The lowest BCUT2D eigenvalue weighted by Crippen LogP contribution is -2.29. The van der Waals surface area contributed by atoms with Gasteiger partial charge in [0.1, 0.15) is 6.54 Å². The van der Waals surface area contributed by atoms with E-state index in [0.29, 0.717) is 5.75 Å². The molecule has 0 aromatic heterocycles. The van der Waals surface area contributed by atoms with E-state index in [2.05, 4.69) is 0 Å². The van der Waals surface area contributed by atoms with Crippen LogP contribution >= 0.6 is 11.8 Å². The molecule has 4 heteroatoms. The summed E-state index contributed by atoms with van der Waals surface area (Å²) < 4.78 is 0. The molecule has 3 nitrogen and oxygen atoms in total. The fraction of sp³-hybridized carbons (Fsp3) is 0.333. The second-order valence-corrected chi connectivity index (χ2v) is 2.67. The number of carbonyl (C=O) groups excluding carboxylic acids is 1. The summed E-state index contributed by atoms with van der Waals surface area (Å²) in [5, 5.41) is 10.1. The second-order valence-electron chi connectivity index (χ2n) is 1.78. The van der Waals surface area contributed by atoms with Crippen LogP contribution in [0.25, 0.3) is 0 Å². The third-order valence-electron chi connectivity index (χ3n) is 1.11. The molecule has 0 saturated carbocycles. The molecule has 1 amide bonds. The molecule has 1 aliphatic heterocycles. The molecule has 0 fully saturated rings. The van der Waals surface area contributed by atoms with E-state index in [1.54, 1.807) is 6.20 Å². The predicted molar refractivity (Wildman–Crippen MR) is 38.9 cm³/mol. The minimum Gasteiger partial charge on any atom is -0.304 e. The van der Waals surface area contributed by atoms with Gasteiger partial charge >= 0.3 is 0 Å². The van der Waals surface area contributed by atoms with Crippen LogP contribution in [-0.2, 0) is 4.79 Å². The van der Waals surface area contributed by atoms with E-state index in [9.17, 15) is 4.79 Å². The first-order valence-corrected chi connectivity index (χ1v) is 3.84. The molecule has 0 bridgehead atoms. The molecule has 10 heavy (non-hydrogen) atoms. The molecule has 0 unspecified atom stereocenters. The van der Waals surface area contributed by atoms with E-state index in [4.69, 9.17) is 5.26 Å². The number of nitrogens with zero attached hydrogens (tertiary/aromatic N) is 2. The van der Waals surface area contributed by atoms with Gasteiger partial charge in [-0.2, -0.15) is 5.26 Å². The van der Waals surface area contributed by atoms with Crippen LogP contribution in [0.5, 0.6) is 0 Å². The van der Waals surface area contributed by atoms with Crippen molar-refractivity contribution in [3.8, 4) is 6.07 Å². The van der Waals surface area contributed by atoms with Gasteiger partial charge in [-0.05, 0) is 5.41 Å². The van der Waals surface area contributed by atoms with E-state index in [1.807, 2.05) is 11.5 Å². The molecular weight excluding hydrogens is 148 g/mol. The highest BCUT2D eigenvalue weighted by Crippen LogP contribution is 2.11. The van der Waals surface area contributed by atoms with Gasteiger partial charge in [-0.25, -0.2) is 0 Å². The second kappa shape index (κ2) is 3.28. The zero-order valence-electron chi connectivity index (χ0n) is 5.28. The van der Waals surface area contributed by atoms with E-state index in [-0.39, 0.29) is 12.5 Å². The quantitative estimate of drug-likeness (QED) is 0.518. The Labute approximate surface area is 63.3 Å². The van der Waals surface area contributed by atoms with Gasteiger partial charge < -0.3 is 4.90 Å². The normalized spacial score (nSPS) is 17.1. The molecule has 0 atom stereocenters. The first kappa shape index (κ1) is 7.16. The number of hydrogen-bond acceptors (Lipinski definition) is 3. The maximum absolute atomic E-state index is 10.9. The zero-order chi connectivity index (χ0) is 7.40. The van der Waals surface area contributed by atoms with E-state index < -0.39 is 0 Å². The summed E-state index contributed by atoms with van der Waals surface area (Å²) >= 11 is 1.45. The fourth-order valence-corrected chi connectivity index (χ4v) is 1.26. The third-order valence-corrected chi connectivity index (χ3v) is 1.83. The standard InChI is InChI=1S/C6H6N2OS/c7-1-2-8-3-4-10-5-6(8)9/h3-4H,2,5H2. The molecule has 0 spiro atoms. The molecule has 0 saturated heterocycles. The molecule has 1 aliphatic rings. The lowest BCUT2D eigenvalue weighted by molar-refractivity contribution is -0.125. The molecule has 1 heterocycles. The highest BCUT2D eigenvalue weighted by atomic mass is 32.2. The van der Waals surface area contributed by atoms with Gasteiger partial charge in [0.05, 0.1) is 11.8 Å². The highest BCUT2D eigenvalue weighted by molar-refractivity contribution is 8.02. The van der Waals surface area contributed by atoms with Gasteiger partial charge in [0.25, 0.3) is 0 Å².